The second kappa shape index (κ2) is 12.8. The Labute approximate surface area is 246 Å². The normalized spacial score (nSPS) is 13.0. The van der Waals surface area contributed by atoms with Gasteiger partial charge in [-0.25, -0.2) is 4.98 Å². The maximum absolute atomic E-state index is 12.9. The fourth-order valence-corrected chi connectivity index (χ4v) is 4.63. The number of amides is 3. The van der Waals surface area contributed by atoms with Crippen molar-refractivity contribution in [2.24, 2.45) is 11.8 Å². The Balaban J connectivity index is 1.64. The van der Waals surface area contributed by atoms with Gasteiger partial charge in [-0.3, -0.25) is 14.4 Å². The number of hydrogen-bond donors (Lipinski definition) is 4. The van der Waals surface area contributed by atoms with Crippen molar-refractivity contribution in [3.63, 3.8) is 0 Å². The molecule has 3 aromatic rings. The summed E-state index contributed by atoms with van der Waals surface area (Å²) in [5, 5.41) is 17.5. The number of thiazole rings is 1. The summed E-state index contributed by atoms with van der Waals surface area (Å²) in [7, 11) is 18.1. The van der Waals surface area contributed by atoms with Crippen molar-refractivity contribution in [2.75, 3.05) is 24.3 Å². The fourth-order valence-electron chi connectivity index (χ4n) is 3.78. The zero-order valence-electron chi connectivity index (χ0n) is 23.0. The first-order chi connectivity index (χ1) is 19.4. The second-order valence-corrected chi connectivity index (χ2v) is 11.2. The van der Waals surface area contributed by atoms with E-state index in [0.717, 1.165) is 19.3 Å². The van der Waals surface area contributed by atoms with Crippen LogP contribution in [0.2, 0.25) is 0 Å². The molecule has 0 saturated heterocycles. The number of nitrogens with one attached hydrogen (secondary N) is 4. The Kier molecular flexibility index (Phi) is 9.37. The summed E-state index contributed by atoms with van der Waals surface area (Å²) < 4.78 is 5.72. The summed E-state index contributed by atoms with van der Waals surface area (Å²) in [6.07, 6.45) is 4.00. The number of rotatable bonds is 12. The predicted molar refractivity (Wildman–Crippen MR) is 160 cm³/mol. The average Bonchev–Trinajstić information content (AvgIpc) is 3.64. The Morgan fingerprint density at radius 1 is 1.12 bits per heavy atom. The minimum Gasteiger partial charge on any atom is -0.494 e. The Morgan fingerprint density at radius 2 is 1.88 bits per heavy atom. The molecular formula is C26H28B3N7O4S. The van der Waals surface area contributed by atoms with Crippen molar-refractivity contribution in [1.29, 1.82) is 0 Å². The lowest BCUT2D eigenvalue weighted by atomic mass is 9.49. The number of para-hydroxylation sites is 1. The van der Waals surface area contributed by atoms with Gasteiger partial charge in [-0.1, -0.05) is 25.2 Å². The highest BCUT2D eigenvalue weighted by molar-refractivity contribution is 7.17. The molecule has 1 aliphatic rings. The third-order valence-electron chi connectivity index (χ3n) is 5.99. The highest BCUT2D eigenvalue weighted by Crippen LogP contribution is 2.40. The average molecular weight is 567 g/mol. The van der Waals surface area contributed by atoms with Crippen LogP contribution in [0.15, 0.2) is 30.5 Å². The largest absolute Gasteiger partial charge is 0.494 e. The van der Waals surface area contributed by atoms with E-state index in [1.807, 2.05) is 0 Å². The number of methoxy groups -OCH3 is 1. The maximum atomic E-state index is 12.9. The number of carbonyl (C=O) groups is 3. The van der Waals surface area contributed by atoms with Crippen molar-refractivity contribution in [2.45, 2.75) is 38.3 Å². The van der Waals surface area contributed by atoms with Gasteiger partial charge in [0.15, 0.2) is 17.3 Å². The van der Waals surface area contributed by atoms with Crippen LogP contribution in [0.1, 0.15) is 53.3 Å². The summed E-state index contributed by atoms with van der Waals surface area (Å²) in [5.41, 5.74) is 1.06. The molecule has 3 amide bonds. The molecule has 11 nitrogen and oxygen atoms in total. The van der Waals surface area contributed by atoms with Crippen LogP contribution in [0.3, 0.4) is 0 Å². The highest BCUT2D eigenvalue weighted by Gasteiger charge is 2.30. The maximum Gasteiger partial charge on any atom is 0.272 e. The van der Waals surface area contributed by atoms with Gasteiger partial charge in [-0.15, -0.1) is 21.5 Å². The highest BCUT2D eigenvalue weighted by atomic mass is 32.1. The third kappa shape index (κ3) is 8.09. The number of aromatic nitrogens is 3. The molecule has 6 radical (unpaired) electrons. The SMILES string of the molecule is [B]C([B])([B])NC(=O)c1nnc(NC(=O)C2CC2)cc1Nc1cccc(-c2ncc(C(=O)NCCC(C)C)s2)c1OC. The van der Waals surface area contributed by atoms with E-state index in [9.17, 15) is 14.4 Å². The fraction of sp³-hybridized carbons (Fsp3) is 0.385. The van der Waals surface area contributed by atoms with Crippen LogP contribution >= 0.6 is 11.3 Å². The van der Waals surface area contributed by atoms with E-state index >= 15 is 0 Å². The van der Waals surface area contributed by atoms with E-state index in [0.29, 0.717) is 39.3 Å². The van der Waals surface area contributed by atoms with Gasteiger partial charge in [0, 0.05) is 18.5 Å². The predicted octanol–water partition coefficient (Wildman–Crippen LogP) is 2.32. The number of hydrogen-bond acceptors (Lipinski definition) is 9. The summed E-state index contributed by atoms with van der Waals surface area (Å²) in [6, 6.07) is 6.75. The van der Waals surface area contributed by atoms with Gasteiger partial charge in [-0.05, 0) is 37.3 Å². The van der Waals surface area contributed by atoms with Crippen molar-refractivity contribution in [3.05, 3.63) is 41.0 Å². The number of ether oxygens (including phenoxy) is 1. The van der Waals surface area contributed by atoms with E-state index in [2.05, 4.69) is 50.3 Å². The standard InChI is InChI=1S/C26H28B3N7O4S/c1-13(2)9-10-30-23(38)18-12-31-25(41-18)15-5-4-6-16(21(15)40-3)32-17-11-19(33-22(37)14-7-8-14)35-36-20(17)24(39)34-26(27,28)29/h4-6,11-14H,7-10H2,1-3H3,(H,30,38)(H,34,39)(H2,32,33,35,37). The Morgan fingerprint density at radius 3 is 2.54 bits per heavy atom. The molecule has 206 valence electrons. The topological polar surface area (TPSA) is 147 Å². The van der Waals surface area contributed by atoms with Gasteiger partial charge < -0.3 is 26.0 Å². The van der Waals surface area contributed by atoms with Crippen molar-refractivity contribution >= 4 is 69.8 Å². The minimum atomic E-state index is -2.00. The molecule has 0 aliphatic heterocycles. The Hall–Kier alpha value is -3.87. The molecule has 2 heterocycles. The molecular weight excluding hydrogens is 539 g/mol. The van der Waals surface area contributed by atoms with Crippen LogP contribution < -0.4 is 26.0 Å². The molecule has 41 heavy (non-hydrogen) atoms. The van der Waals surface area contributed by atoms with Gasteiger partial charge >= 0.3 is 0 Å². The van der Waals surface area contributed by atoms with Crippen LogP contribution in [0.25, 0.3) is 10.6 Å². The molecule has 2 aromatic heterocycles. The molecule has 0 atom stereocenters. The molecule has 0 unspecified atom stereocenters. The first-order valence-corrected chi connectivity index (χ1v) is 13.8. The lowest BCUT2D eigenvalue weighted by Crippen LogP contribution is -2.50. The van der Waals surface area contributed by atoms with E-state index in [1.54, 1.807) is 18.2 Å². The van der Waals surface area contributed by atoms with Crippen LogP contribution in [0.5, 0.6) is 5.75 Å². The molecule has 1 fully saturated rings. The summed E-state index contributed by atoms with van der Waals surface area (Å²) in [5.74, 6) is -0.230. The molecule has 0 bridgehead atoms. The zero-order chi connectivity index (χ0) is 29.7. The molecule has 4 N–H and O–H groups in total. The summed E-state index contributed by atoms with van der Waals surface area (Å²) in [6.45, 7) is 4.76. The molecule has 15 heteroatoms. The first kappa shape index (κ1) is 30.1. The quantitative estimate of drug-likeness (QED) is 0.244. The lowest BCUT2D eigenvalue weighted by Gasteiger charge is -2.23. The number of carbonyl (C=O) groups excluding carboxylic acids is 3. The third-order valence-corrected chi connectivity index (χ3v) is 7.02. The smallest absolute Gasteiger partial charge is 0.272 e. The van der Waals surface area contributed by atoms with E-state index in [-0.39, 0.29) is 34.9 Å². The summed E-state index contributed by atoms with van der Waals surface area (Å²) >= 11 is 1.22. The first-order valence-electron chi connectivity index (χ1n) is 13.0. The van der Waals surface area contributed by atoms with E-state index in [4.69, 9.17) is 28.3 Å². The number of nitrogens with zero attached hydrogens (tertiary/aromatic N) is 3. The van der Waals surface area contributed by atoms with Crippen molar-refractivity contribution in [3.8, 4) is 16.3 Å². The molecule has 1 aromatic carbocycles. The molecule has 4 rings (SSSR count). The van der Waals surface area contributed by atoms with Crippen LogP contribution in [0, 0.1) is 11.8 Å². The van der Waals surface area contributed by atoms with Crippen LogP contribution in [-0.4, -0.2) is 75.3 Å². The van der Waals surface area contributed by atoms with Gasteiger partial charge in [0.1, 0.15) is 9.88 Å². The van der Waals surface area contributed by atoms with Crippen molar-refractivity contribution in [1.82, 2.24) is 25.8 Å². The molecule has 1 aliphatic carbocycles. The molecule has 0 spiro atoms. The summed E-state index contributed by atoms with van der Waals surface area (Å²) in [4.78, 5) is 42.7. The lowest BCUT2D eigenvalue weighted by molar-refractivity contribution is -0.117. The monoisotopic (exact) mass is 567 g/mol. The van der Waals surface area contributed by atoms with Crippen molar-refractivity contribution < 1.29 is 19.1 Å². The zero-order valence-corrected chi connectivity index (χ0v) is 23.8. The van der Waals surface area contributed by atoms with Crippen LogP contribution in [0.4, 0.5) is 17.2 Å². The van der Waals surface area contributed by atoms with Gasteiger partial charge in [-0.2, -0.15) is 0 Å². The minimum absolute atomic E-state index is 0.0687. The second-order valence-electron chi connectivity index (χ2n) is 10.1. The van der Waals surface area contributed by atoms with Crippen LogP contribution in [-0.2, 0) is 4.79 Å². The van der Waals surface area contributed by atoms with E-state index < -0.39 is 11.1 Å². The van der Waals surface area contributed by atoms with E-state index in [1.165, 1.54) is 30.7 Å². The van der Waals surface area contributed by atoms with Gasteiger partial charge in [0.05, 0.1) is 53.8 Å². The number of benzene rings is 1. The van der Waals surface area contributed by atoms with Gasteiger partial charge in [0.2, 0.25) is 5.91 Å². The number of anilines is 3. The molecule has 1 saturated carbocycles. The van der Waals surface area contributed by atoms with Gasteiger partial charge in [0.25, 0.3) is 11.8 Å². The Bertz CT molecular complexity index is 1440.